The largest absolute Gasteiger partial charge is 0.416 e. The molecular weight excluding hydrogens is 347 g/mol. The van der Waals surface area contributed by atoms with E-state index in [-0.39, 0.29) is 17.7 Å². The van der Waals surface area contributed by atoms with Crippen LogP contribution in [0.15, 0.2) is 24.3 Å². The molecule has 8 heteroatoms. The number of rotatable bonds is 4. The van der Waals surface area contributed by atoms with Crippen LogP contribution in [0.2, 0.25) is 0 Å². The van der Waals surface area contributed by atoms with E-state index >= 15 is 0 Å². The van der Waals surface area contributed by atoms with Gasteiger partial charge in [-0.15, -0.1) is 0 Å². The SMILES string of the molecule is CC(C)C(=O)N1CCN(C(C)C(=O)Nc2ccc(C(F)(F)F)cc2)CC1. The molecule has 144 valence electrons. The van der Waals surface area contributed by atoms with Gasteiger partial charge in [0.2, 0.25) is 11.8 Å². The number of anilines is 1. The van der Waals surface area contributed by atoms with Crippen LogP contribution in [0.3, 0.4) is 0 Å². The van der Waals surface area contributed by atoms with E-state index in [4.69, 9.17) is 0 Å². The molecule has 2 amide bonds. The molecule has 1 atom stereocenters. The van der Waals surface area contributed by atoms with Gasteiger partial charge in [-0.05, 0) is 31.2 Å². The van der Waals surface area contributed by atoms with Crippen LogP contribution < -0.4 is 5.32 Å². The molecule has 5 nitrogen and oxygen atoms in total. The topological polar surface area (TPSA) is 52.7 Å². The first-order chi connectivity index (χ1) is 12.1. The molecule has 0 saturated carbocycles. The van der Waals surface area contributed by atoms with Gasteiger partial charge in [-0.1, -0.05) is 13.8 Å². The van der Waals surface area contributed by atoms with E-state index in [9.17, 15) is 22.8 Å². The Morgan fingerprint density at radius 2 is 1.54 bits per heavy atom. The Hall–Kier alpha value is -2.09. The van der Waals surface area contributed by atoms with Crippen LogP contribution in [0.1, 0.15) is 26.3 Å². The van der Waals surface area contributed by atoms with E-state index in [0.717, 1.165) is 12.1 Å². The van der Waals surface area contributed by atoms with E-state index in [1.165, 1.54) is 12.1 Å². The molecule has 1 N–H and O–H groups in total. The highest BCUT2D eigenvalue weighted by Crippen LogP contribution is 2.29. The van der Waals surface area contributed by atoms with Gasteiger partial charge >= 0.3 is 6.18 Å². The van der Waals surface area contributed by atoms with Crippen molar-refractivity contribution >= 4 is 17.5 Å². The number of amides is 2. The summed E-state index contributed by atoms with van der Waals surface area (Å²) in [6, 6.07) is 3.93. The Bertz CT molecular complexity index is 636. The summed E-state index contributed by atoms with van der Waals surface area (Å²) in [5.41, 5.74) is -0.432. The number of carbonyl (C=O) groups excluding carboxylic acids is 2. The molecule has 0 aliphatic carbocycles. The van der Waals surface area contributed by atoms with Gasteiger partial charge in [0.05, 0.1) is 11.6 Å². The number of nitrogens with zero attached hydrogens (tertiary/aromatic N) is 2. The summed E-state index contributed by atoms with van der Waals surface area (Å²) < 4.78 is 37.7. The van der Waals surface area contributed by atoms with Gasteiger partial charge < -0.3 is 10.2 Å². The summed E-state index contributed by atoms with van der Waals surface area (Å²) in [6.07, 6.45) is -4.40. The number of carbonyl (C=O) groups is 2. The predicted molar refractivity (Wildman–Crippen MR) is 92.5 cm³/mol. The number of benzene rings is 1. The van der Waals surface area contributed by atoms with Gasteiger partial charge in [0.15, 0.2) is 0 Å². The van der Waals surface area contributed by atoms with E-state index in [0.29, 0.717) is 31.9 Å². The summed E-state index contributed by atoms with van der Waals surface area (Å²) in [5, 5.41) is 2.64. The molecule has 0 spiro atoms. The van der Waals surface area contributed by atoms with E-state index in [1.807, 2.05) is 18.7 Å². The second kappa shape index (κ2) is 8.07. The minimum absolute atomic E-state index is 0.0538. The van der Waals surface area contributed by atoms with Crippen molar-refractivity contribution in [3.8, 4) is 0 Å². The van der Waals surface area contributed by atoms with Gasteiger partial charge in [-0.25, -0.2) is 0 Å². The molecular formula is C18H24F3N3O2. The lowest BCUT2D eigenvalue weighted by molar-refractivity contribution is -0.138. The maximum atomic E-state index is 12.6. The Morgan fingerprint density at radius 1 is 1.00 bits per heavy atom. The molecule has 1 aliphatic heterocycles. The first kappa shape index (κ1) is 20.2. The van der Waals surface area contributed by atoms with Gasteiger partial charge in [-0.2, -0.15) is 13.2 Å². The third kappa shape index (κ3) is 4.97. The Labute approximate surface area is 151 Å². The molecule has 0 aromatic heterocycles. The average Bonchev–Trinajstić information content (AvgIpc) is 2.60. The molecule has 2 rings (SSSR count). The van der Waals surface area contributed by atoms with Crippen molar-refractivity contribution in [3.05, 3.63) is 29.8 Å². The second-order valence-corrected chi connectivity index (χ2v) is 6.76. The Balaban J connectivity index is 1.89. The van der Waals surface area contributed by atoms with Crippen LogP contribution in [0, 0.1) is 5.92 Å². The lowest BCUT2D eigenvalue weighted by atomic mass is 10.1. The van der Waals surface area contributed by atoms with Crippen LogP contribution in [0.4, 0.5) is 18.9 Å². The number of alkyl halides is 3. The van der Waals surface area contributed by atoms with Crippen molar-refractivity contribution in [2.45, 2.75) is 33.0 Å². The minimum Gasteiger partial charge on any atom is -0.340 e. The first-order valence-electron chi connectivity index (χ1n) is 8.60. The molecule has 0 bridgehead atoms. The maximum Gasteiger partial charge on any atom is 0.416 e. The van der Waals surface area contributed by atoms with Gasteiger partial charge in [-0.3, -0.25) is 14.5 Å². The fourth-order valence-corrected chi connectivity index (χ4v) is 2.85. The normalized spacial score (nSPS) is 17.3. The zero-order chi connectivity index (χ0) is 19.5. The van der Waals surface area contributed by atoms with Gasteiger partial charge in [0, 0.05) is 37.8 Å². The van der Waals surface area contributed by atoms with E-state index in [1.54, 1.807) is 11.8 Å². The third-order valence-electron chi connectivity index (χ3n) is 4.53. The van der Waals surface area contributed by atoms with Crippen LogP contribution in [0.25, 0.3) is 0 Å². The summed E-state index contributed by atoms with van der Waals surface area (Å²) in [5.74, 6) is -0.234. The van der Waals surface area contributed by atoms with Crippen molar-refractivity contribution in [2.75, 3.05) is 31.5 Å². The molecule has 1 aromatic rings. The molecule has 26 heavy (non-hydrogen) atoms. The van der Waals surface area contributed by atoms with Crippen molar-refractivity contribution in [2.24, 2.45) is 5.92 Å². The molecule has 0 radical (unpaired) electrons. The first-order valence-corrected chi connectivity index (χ1v) is 8.60. The third-order valence-corrected chi connectivity index (χ3v) is 4.53. The van der Waals surface area contributed by atoms with Crippen LogP contribution >= 0.6 is 0 Å². The molecule has 1 aromatic carbocycles. The molecule has 1 aliphatic rings. The van der Waals surface area contributed by atoms with Gasteiger partial charge in [0.25, 0.3) is 0 Å². The monoisotopic (exact) mass is 371 g/mol. The zero-order valence-corrected chi connectivity index (χ0v) is 15.1. The number of hydrogen-bond donors (Lipinski definition) is 1. The van der Waals surface area contributed by atoms with Crippen molar-refractivity contribution in [3.63, 3.8) is 0 Å². The highest BCUT2D eigenvalue weighted by molar-refractivity contribution is 5.94. The fourth-order valence-electron chi connectivity index (χ4n) is 2.85. The number of nitrogens with one attached hydrogen (secondary N) is 1. The van der Waals surface area contributed by atoms with E-state index in [2.05, 4.69) is 5.32 Å². The molecule has 1 fully saturated rings. The van der Waals surface area contributed by atoms with Crippen LogP contribution in [0.5, 0.6) is 0 Å². The van der Waals surface area contributed by atoms with Gasteiger partial charge in [0.1, 0.15) is 0 Å². The molecule has 1 unspecified atom stereocenters. The lowest BCUT2D eigenvalue weighted by Crippen LogP contribution is -2.54. The fraction of sp³-hybridized carbons (Fsp3) is 0.556. The van der Waals surface area contributed by atoms with Crippen molar-refractivity contribution < 1.29 is 22.8 Å². The summed E-state index contributed by atoms with van der Waals surface area (Å²) in [7, 11) is 0. The molecule has 1 heterocycles. The standard InChI is InChI=1S/C18H24F3N3O2/c1-12(2)17(26)24-10-8-23(9-11-24)13(3)16(25)22-15-6-4-14(5-7-15)18(19,20)21/h4-7,12-13H,8-11H2,1-3H3,(H,22,25). The highest BCUT2D eigenvalue weighted by Gasteiger charge is 2.31. The maximum absolute atomic E-state index is 12.6. The summed E-state index contributed by atoms with van der Waals surface area (Å²) in [6.45, 7) is 7.76. The number of halogens is 3. The minimum atomic E-state index is -4.40. The zero-order valence-electron chi connectivity index (χ0n) is 15.1. The number of piperazine rings is 1. The van der Waals surface area contributed by atoms with E-state index < -0.39 is 17.8 Å². The second-order valence-electron chi connectivity index (χ2n) is 6.76. The summed E-state index contributed by atoms with van der Waals surface area (Å²) in [4.78, 5) is 28.1. The van der Waals surface area contributed by atoms with Crippen LogP contribution in [-0.4, -0.2) is 53.8 Å². The Morgan fingerprint density at radius 3 is 2.00 bits per heavy atom. The molecule has 1 saturated heterocycles. The smallest absolute Gasteiger partial charge is 0.340 e. The summed E-state index contributed by atoms with van der Waals surface area (Å²) >= 11 is 0. The van der Waals surface area contributed by atoms with Crippen molar-refractivity contribution in [1.82, 2.24) is 9.80 Å². The average molecular weight is 371 g/mol. The number of hydrogen-bond acceptors (Lipinski definition) is 3. The quantitative estimate of drug-likeness (QED) is 0.886. The lowest BCUT2D eigenvalue weighted by Gasteiger charge is -2.38. The van der Waals surface area contributed by atoms with Crippen LogP contribution in [-0.2, 0) is 15.8 Å². The Kier molecular flexibility index (Phi) is 6.28. The van der Waals surface area contributed by atoms with Crippen molar-refractivity contribution in [1.29, 1.82) is 0 Å². The highest BCUT2D eigenvalue weighted by atomic mass is 19.4. The predicted octanol–water partition coefficient (Wildman–Crippen LogP) is 2.83.